The van der Waals surface area contributed by atoms with E-state index in [0.717, 1.165) is 35.7 Å². The van der Waals surface area contributed by atoms with Crippen LogP contribution in [0.25, 0.3) is 0 Å². The molecule has 0 unspecified atom stereocenters. The summed E-state index contributed by atoms with van der Waals surface area (Å²) in [6, 6.07) is 13.9. The van der Waals surface area contributed by atoms with Gasteiger partial charge in [-0.25, -0.2) is 0 Å². The molecule has 1 amide bonds. The molecule has 4 rings (SSSR count). The first kappa shape index (κ1) is 18.7. The number of fused-ring (bicyclic) bond motifs is 1. The van der Waals surface area contributed by atoms with Gasteiger partial charge in [-0.15, -0.1) is 0 Å². The van der Waals surface area contributed by atoms with Crippen LogP contribution in [0, 0.1) is 0 Å². The van der Waals surface area contributed by atoms with E-state index >= 15 is 0 Å². The van der Waals surface area contributed by atoms with Crippen LogP contribution in [0.3, 0.4) is 0 Å². The lowest BCUT2D eigenvalue weighted by Gasteiger charge is -2.31. The number of benzene rings is 2. The molecular formula is C23H27NO4. The Morgan fingerprint density at radius 1 is 1.07 bits per heavy atom. The van der Waals surface area contributed by atoms with Crippen molar-refractivity contribution < 1.29 is 19.0 Å². The van der Waals surface area contributed by atoms with Gasteiger partial charge in [-0.1, -0.05) is 37.1 Å². The number of rotatable bonds is 6. The Hall–Kier alpha value is -2.69. The second-order valence-electron chi connectivity index (χ2n) is 7.61. The highest BCUT2D eigenvalue weighted by Gasteiger charge is 2.36. The molecule has 0 atom stereocenters. The molecule has 1 aliphatic carbocycles. The van der Waals surface area contributed by atoms with Crippen molar-refractivity contribution in [2.75, 3.05) is 26.9 Å². The van der Waals surface area contributed by atoms with Crippen molar-refractivity contribution >= 4 is 5.91 Å². The molecule has 2 aromatic carbocycles. The van der Waals surface area contributed by atoms with Crippen LogP contribution >= 0.6 is 0 Å². The van der Waals surface area contributed by atoms with Gasteiger partial charge in [0.05, 0.1) is 13.5 Å². The average molecular weight is 381 g/mol. The number of carbonyl (C=O) groups excluding carboxylic acids is 1. The number of nitrogens with one attached hydrogen (secondary N) is 1. The first-order chi connectivity index (χ1) is 13.7. The predicted octanol–water partition coefficient (Wildman–Crippen LogP) is 3.64. The number of hydrogen-bond acceptors (Lipinski definition) is 4. The van der Waals surface area contributed by atoms with E-state index in [1.54, 1.807) is 7.11 Å². The lowest BCUT2D eigenvalue weighted by molar-refractivity contribution is -0.120. The number of hydrogen-bond donors (Lipinski definition) is 1. The topological polar surface area (TPSA) is 56.8 Å². The van der Waals surface area contributed by atoms with E-state index in [2.05, 4.69) is 17.4 Å². The molecule has 0 saturated heterocycles. The SMILES string of the molecule is COc1ccccc1CC(=O)NCC1(c2ccc3c(c2)OCCO3)CCCC1. The minimum atomic E-state index is -0.0354. The van der Waals surface area contributed by atoms with E-state index in [4.69, 9.17) is 14.2 Å². The Bertz CT molecular complexity index is 842. The molecule has 0 radical (unpaired) electrons. The third kappa shape index (κ3) is 3.79. The van der Waals surface area contributed by atoms with Crippen LogP contribution in [0.1, 0.15) is 36.8 Å². The van der Waals surface area contributed by atoms with Crippen molar-refractivity contribution in [1.29, 1.82) is 0 Å². The molecule has 1 heterocycles. The smallest absolute Gasteiger partial charge is 0.224 e. The normalized spacial score (nSPS) is 17.2. The van der Waals surface area contributed by atoms with Gasteiger partial charge in [0.1, 0.15) is 19.0 Å². The zero-order valence-electron chi connectivity index (χ0n) is 16.3. The number of amides is 1. The Balaban J connectivity index is 1.47. The minimum Gasteiger partial charge on any atom is -0.496 e. The lowest BCUT2D eigenvalue weighted by atomic mass is 9.78. The quantitative estimate of drug-likeness (QED) is 0.830. The highest BCUT2D eigenvalue weighted by atomic mass is 16.6. The Kier molecular flexibility index (Phi) is 5.42. The van der Waals surface area contributed by atoms with Crippen LogP contribution in [0.4, 0.5) is 0 Å². The van der Waals surface area contributed by atoms with Crippen molar-refractivity contribution in [3.63, 3.8) is 0 Å². The molecule has 1 saturated carbocycles. The second-order valence-corrected chi connectivity index (χ2v) is 7.61. The maximum Gasteiger partial charge on any atom is 0.224 e. The molecule has 2 aromatic rings. The largest absolute Gasteiger partial charge is 0.496 e. The fourth-order valence-corrected chi connectivity index (χ4v) is 4.34. The van der Waals surface area contributed by atoms with Gasteiger partial charge in [0.2, 0.25) is 5.91 Å². The molecule has 148 valence electrons. The molecule has 1 aliphatic heterocycles. The molecule has 5 heteroatoms. The summed E-state index contributed by atoms with van der Waals surface area (Å²) in [4.78, 5) is 12.6. The zero-order valence-corrected chi connectivity index (χ0v) is 16.3. The summed E-state index contributed by atoms with van der Waals surface area (Å²) in [7, 11) is 1.63. The first-order valence-electron chi connectivity index (χ1n) is 9.99. The predicted molar refractivity (Wildman–Crippen MR) is 107 cm³/mol. The fraction of sp³-hybridized carbons (Fsp3) is 0.435. The Morgan fingerprint density at radius 3 is 2.61 bits per heavy atom. The molecule has 0 bridgehead atoms. The van der Waals surface area contributed by atoms with Gasteiger partial charge in [-0.3, -0.25) is 4.79 Å². The molecule has 0 spiro atoms. The van der Waals surface area contributed by atoms with E-state index in [9.17, 15) is 4.79 Å². The van der Waals surface area contributed by atoms with Crippen molar-refractivity contribution in [1.82, 2.24) is 5.32 Å². The standard InChI is InChI=1S/C23H27NO4/c1-26-19-7-3-2-6-17(19)14-22(25)24-16-23(10-4-5-11-23)18-8-9-20-21(15-18)28-13-12-27-20/h2-3,6-9,15H,4-5,10-14,16H2,1H3,(H,24,25). The molecule has 5 nitrogen and oxygen atoms in total. The van der Waals surface area contributed by atoms with Gasteiger partial charge in [-0.2, -0.15) is 0 Å². The van der Waals surface area contributed by atoms with Gasteiger partial charge >= 0.3 is 0 Å². The van der Waals surface area contributed by atoms with Crippen LogP contribution < -0.4 is 19.5 Å². The van der Waals surface area contributed by atoms with Crippen LogP contribution in [-0.2, 0) is 16.6 Å². The zero-order chi connectivity index (χ0) is 19.4. The number of carbonyl (C=O) groups is 1. The minimum absolute atomic E-state index is 0.0216. The summed E-state index contributed by atoms with van der Waals surface area (Å²) < 4.78 is 16.8. The fourth-order valence-electron chi connectivity index (χ4n) is 4.34. The summed E-state index contributed by atoms with van der Waals surface area (Å²) in [5.74, 6) is 2.40. The summed E-state index contributed by atoms with van der Waals surface area (Å²) in [5, 5.41) is 3.18. The van der Waals surface area contributed by atoms with Gasteiger partial charge in [-0.05, 0) is 36.6 Å². The molecule has 2 aliphatic rings. The van der Waals surface area contributed by atoms with E-state index in [1.807, 2.05) is 30.3 Å². The van der Waals surface area contributed by atoms with Crippen LogP contribution in [0.2, 0.25) is 0 Å². The third-order valence-electron chi connectivity index (χ3n) is 5.88. The lowest BCUT2D eigenvalue weighted by Crippen LogP contribution is -2.39. The summed E-state index contributed by atoms with van der Waals surface area (Å²) in [5.41, 5.74) is 2.10. The summed E-state index contributed by atoms with van der Waals surface area (Å²) in [6.45, 7) is 1.82. The average Bonchev–Trinajstić information content (AvgIpc) is 3.22. The highest BCUT2D eigenvalue weighted by molar-refractivity contribution is 5.79. The van der Waals surface area contributed by atoms with Gasteiger partial charge < -0.3 is 19.5 Å². The molecule has 1 fully saturated rings. The summed E-state index contributed by atoms with van der Waals surface area (Å²) >= 11 is 0. The van der Waals surface area contributed by atoms with Crippen LogP contribution in [0.5, 0.6) is 17.2 Å². The second kappa shape index (κ2) is 8.13. The third-order valence-corrected chi connectivity index (χ3v) is 5.88. The monoisotopic (exact) mass is 381 g/mol. The van der Waals surface area contributed by atoms with E-state index in [0.29, 0.717) is 26.2 Å². The number of ether oxygens (including phenoxy) is 3. The molecule has 0 aromatic heterocycles. The van der Waals surface area contributed by atoms with Crippen LogP contribution in [-0.4, -0.2) is 32.8 Å². The maximum atomic E-state index is 12.6. The van der Waals surface area contributed by atoms with E-state index in [1.165, 1.54) is 18.4 Å². The van der Waals surface area contributed by atoms with Crippen molar-refractivity contribution in [3.8, 4) is 17.2 Å². The van der Waals surface area contributed by atoms with Gasteiger partial charge in [0.15, 0.2) is 11.5 Å². The highest BCUT2D eigenvalue weighted by Crippen LogP contribution is 2.43. The molecular weight excluding hydrogens is 354 g/mol. The van der Waals surface area contributed by atoms with Crippen molar-refractivity contribution in [2.45, 2.75) is 37.5 Å². The van der Waals surface area contributed by atoms with Gasteiger partial charge in [0.25, 0.3) is 0 Å². The number of para-hydroxylation sites is 1. The van der Waals surface area contributed by atoms with E-state index in [-0.39, 0.29) is 11.3 Å². The first-order valence-corrected chi connectivity index (χ1v) is 9.99. The number of methoxy groups -OCH3 is 1. The maximum absolute atomic E-state index is 12.6. The van der Waals surface area contributed by atoms with E-state index < -0.39 is 0 Å². The van der Waals surface area contributed by atoms with Crippen molar-refractivity contribution in [2.24, 2.45) is 0 Å². The molecule has 28 heavy (non-hydrogen) atoms. The van der Waals surface area contributed by atoms with Crippen molar-refractivity contribution in [3.05, 3.63) is 53.6 Å². The Labute approximate surface area is 166 Å². The van der Waals surface area contributed by atoms with Gasteiger partial charge in [0, 0.05) is 17.5 Å². The molecule has 1 N–H and O–H groups in total. The van der Waals surface area contributed by atoms with Crippen LogP contribution in [0.15, 0.2) is 42.5 Å². The summed E-state index contributed by atoms with van der Waals surface area (Å²) in [6.07, 6.45) is 4.82. The Morgan fingerprint density at radius 2 is 1.82 bits per heavy atom.